The Morgan fingerprint density at radius 2 is 2.06 bits per heavy atom. The molecule has 0 aliphatic rings. The summed E-state index contributed by atoms with van der Waals surface area (Å²) in [6, 6.07) is 11.3. The monoisotopic (exact) mass is 216 g/mol. The summed E-state index contributed by atoms with van der Waals surface area (Å²) in [6.07, 6.45) is 2.18. The third-order valence-electron chi connectivity index (χ3n) is 2.60. The van der Waals surface area contributed by atoms with E-state index in [4.69, 9.17) is 4.74 Å². The van der Waals surface area contributed by atoms with E-state index in [1.54, 1.807) is 6.07 Å². The van der Waals surface area contributed by atoms with Crippen LogP contribution in [0, 0.1) is 0 Å². The van der Waals surface area contributed by atoms with Crippen molar-refractivity contribution in [2.45, 2.75) is 19.8 Å². The second-order valence-corrected chi connectivity index (χ2v) is 3.86. The molecule has 0 amide bonds. The average Bonchev–Trinajstić information content (AvgIpc) is 2.30. The molecule has 0 bridgehead atoms. The van der Waals surface area contributed by atoms with E-state index in [0.29, 0.717) is 5.75 Å². The van der Waals surface area contributed by atoms with E-state index < -0.39 is 0 Å². The highest BCUT2D eigenvalue weighted by Gasteiger charge is 2.01. The molecule has 0 unspecified atom stereocenters. The summed E-state index contributed by atoms with van der Waals surface area (Å²) in [5, 5.41) is 11.6. The van der Waals surface area contributed by atoms with Gasteiger partial charge < -0.3 is 9.84 Å². The lowest BCUT2D eigenvalue weighted by atomic mass is 10.1. The Balaban J connectivity index is 2.25. The quantitative estimate of drug-likeness (QED) is 0.789. The molecule has 0 heterocycles. The zero-order chi connectivity index (χ0) is 11.4. The van der Waals surface area contributed by atoms with Gasteiger partial charge in [-0.3, -0.25) is 0 Å². The first kappa shape index (κ1) is 10.8. The molecule has 2 rings (SSSR count). The molecule has 0 radical (unpaired) electrons. The topological polar surface area (TPSA) is 29.5 Å². The first-order chi connectivity index (χ1) is 7.81. The Kier molecular flexibility index (Phi) is 3.30. The van der Waals surface area contributed by atoms with Crippen LogP contribution in [0.15, 0.2) is 36.4 Å². The lowest BCUT2D eigenvalue weighted by Crippen LogP contribution is -1.95. The largest absolute Gasteiger partial charge is 0.507 e. The van der Waals surface area contributed by atoms with Gasteiger partial charge in [0.2, 0.25) is 0 Å². The Morgan fingerprint density at radius 3 is 2.88 bits per heavy atom. The maximum Gasteiger partial charge on any atom is 0.123 e. The van der Waals surface area contributed by atoms with Crippen molar-refractivity contribution < 1.29 is 9.84 Å². The number of phenols is 1. The summed E-state index contributed by atoms with van der Waals surface area (Å²) in [5.41, 5.74) is 0. The summed E-state index contributed by atoms with van der Waals surface area (Å²) in [7, 11) is 0. The lowest BCUT2D eigenvalue weighted by molar-refractivity contribution is 0.309. The maximum atomic E-state index is 9.71. The highest BCUT2D eigenvalue weighted by molar-refractivity contribution is 5.89. The highest BCUT2D eigenvalue weighted by atomic mass is 16.5. The van der Waals surface area contributed by atoms with Crippen LogP contribution in [0.1, 0.15) is 19.8 Å². The fourth-order valence-electron chi connectivity index (χ4n) is 1.66. The Bertz CT molecular complexity index is 477. The molecule has 2 aromatic carbocycles. The molecule has 16 heavy (non-hydrogen) atoms. The number of unbranched alkanes of at least 4 members (excludes halogenated alkanes) is 1. The molecule has 2 aromatic rings. The van der Waals surface area contributed by atoms with Gasteiger partial charge in [0.1, 0.15) is 11.5 Å². The predicted molar refractivity (Wildman–Crippen MR) is 66.0 cm³/mol. The van der Waals surface area contributed by atoms with Gasteiger partial charge >= 0.3 is 0 Å². The van der Waals surface area contributed by atoms with E-state index in [-0.39, 0.29) is 0 Å². The van der Waals surface area contributed by atoms with E-state index in [1.165, 1.54) is 0 Å². The van der Waals surface area contributed by atoms with E-state index >= 15 is 0 Å². The second kappa shape index (κ2) is 4.88. The van der Waals surface area contributed by atoms with Crippen LogP contribution in [-0.4, -0.2) is 11.7 Å². The standard InChI is InChI=1S/C14H16O2/c1-2-3-9-16-12-8-7-11-5-4-6-14(15)13(11)10-12/h4-8,10,15H,2-3,9H2,1H3. The smallest absolute Gasteiger partial charge is 0.123 e. The minimum absolute atomic E-state index is 0.304. The van der Waals surface area contributed by atoms with Gasteiger partial charge in [0.15, 0.2) is 0 Å². The molecular weight excluding hydrogens is 200 g/mol. The van der Waals surface area contributed by atoms with Crippen LogP contribution in [0.5, 0.6) is 11.5 Å². The fraction of sp³-hybridized carbons (Fsp3) is 0.286. The van der Waals surface area contributed by atoms with Gasteiger partial charge in [0.25, 0.3) is 0 Å². The zero-order valence-corrected chi connectivity index (χ0v) is 9.44. The molecule has 84 valence electrons. The predicted octanol–water partition coefficient (Wildman–Crippen LogP) is 3.72. The minimum atomic E-state index is 0.304. The third kappa shape index (κ3) is 2.27. The number of fused-ring (bicyclic) bond motifs is 1. The number of ether oxygens (including phenoxy) is 1. The third-order valence-corrected chi connectivity index (χ3v) is 2.60. The number of phenolic OH excluding ortho intramolecular Hbond substituents is 1. The van der Waals surface area contributed by atoms with Crippen molar-refractivity contribution in [3.8, 4) is 11.5 Å². The number of benzene rings is 2. The summed E-state index contributed by atoms with van der Waals surface area (Å²) < 4.78 is 5.60. The summed E-state index contributed by atoms with van der Waals surface area (Å²) in [4.78, 5) is 0. The van der Waals surface area contributed by atoms with Crippen molar-refractivity contribution in [1.29, 1.82) is 0 Å². The van der Waals surface area contributed by atoms with Crippen LogP contribution in [0.25, 0.3) is 10.8 Å². The van der Waals surface area contributed by atoms with Gasteiger partial charge in [-0.15, -0.1) is 0 Å². The van der Waals surface area contributed by atoms with Crippen LogP contribution in [0.2, 0.25) is 0 Å². The summed E-state index contributed by atoms with van der Waals surface area (Å²) in [5.74, 6) is 1.13. The SMILES string of the molecule is CCCCOc1ccc2cccc(O)c2c1. The summed E-state index contributed by atoms with van der Waals surface area (Å²) in [6.45, 7) is 2.87. The molecule has 0 spiro atoms. The molecular formula is C14H16O2. The molecule has 0 fully saturated rings. The van der Waals surface area contributed by atoms with Crippen LogP contribution in [0.3, 0.4) is 0 Å². The molecule has 0 aromatic heterocycles. The first-order valence-corrected chi connectivity index (χ1v) is 5.66. The molecule has 2 heteroatoms. The van der Waals surface area contributed by atoms with E-state index in [9.17, 15) is 5.11 Å². The molecule has 0 saturated carbocycles. The Labute approximate surface area is 95.5 Å². The minimum Gasteiger partial charge on any atom is -0.507 e. The van der Waals surface area contributed by atoms with E-state index in [1.807, 2.05) is 30.3 Å². The maximum absolute atomic E-state index is 9.71. The average molecular weight is 216 g/mol. The number of aromatic hydroxyl groups is 1. The molecule has 1 N–H and O–H groups in total. The number of hydrogen-bond donors (Lipinski definition) is 1. The van der Waals surface area contributed by atoms with Crippen molar-refractivity contribution in [2.75, 3.05) is 6.61 Å². The van der Waals surface area contributed by atoms with E-state index in [2.05, 4.69) is 6.92 Å². The molecule has 0 atom stereocenters. The molecule has 2 nitrogen and oxygen atoms in total. The van der Waals surface area contributed by atoms with Gasteiger partial charge in [-0.2, -0.15) is 0 Å². The van der Waals surface area contributed by atoms with Gasteiger partial charge in [-0.05, 0) is 30.0 Å². The highest BCUT2D eigenvalue weighted by Crippen LogP contribution is 2.28. The van der Waals surface area contributed by atoms with Gasteiger partial charge in [-0.1, -0.05) is 31.5 Å². The van der Waals surface area contributed by atoms with E-state index in [0.717, 1.165) is 36.0 Å². The number of hydrogen-bond acceptors (Lipinski definition) is 2. The van der Waals surface area contributed by atoms with Crippen molar-refractivity contribution in [3.05, 3.63) is 36.4 Å². The Hall–Kier alpha value is -1.70. The van der Waals surface area contributed by atoms with Crippen molar-refractivity contribution in [3.63, 3.8) is 0 Å². The molecule has 0 aliphatic heterocycles. The van der Waals surface area contributed by atoms with Crippen molar-refractivity contribution >= 4 is 10.8 Å². The molecule has 0 saturated heterocycles. The number of rotatable bonds is 4. The molecule has 0 aliphatic carbocycles. The van der Waals surface area contributed by atoms with Crippen molar-refractivity contribution in [1.82, 2.24) is 0 Å². The fourth-order valence-corrected chi connectivity index (χ4v) is 1.66. The van der Waals surface area contributed by atoms with Crippen LogP contribution in [0.4, 0.5) is 0 Å². The van der Waals surface area contributed by atoms with Crippen LogP contribution < -0.4 is 4.74 Å². The second-order valence-electron chi connectivity index (χ2n) is 3.86. The lowest BCUT2D eigenvalue weighted by Gasteiger charge is -2.07. The first-order valence-electron chi connectivity index (χ1n) is 5.66. The van der Waals surface area contributed by atoms with Gasteiger partial charge in [0, 0.05) is 5.39 Å². The van der Waals surface area contributed by atoms with Crippen molar-refractivity contribution in [2.24, 2.45) is 0 Å². The summed E-state index contributed by atoms with van der Waals surface area (Å²) >= 11 is 0. The normalized spacial score (nSPS) is 10.6. The van der Waals surface area contributed by atoms with Gasteiger partial charge in [0.05, 0.1) is 6.61 Å². The Morgan fingerprint density at radius 1 is 1.19 bits per heavy atom. The van der Waals surface area contributed by atoms with Crippen LogP contribution >= 0.6 is 0 Å². The van der Waals surface area contributed by atoms with Crippen LogP contribution in [-0.2, 0) is 0 Å². The van der Waals surface area contributed by atoms with Gasteiger partial charge in [-0.25, -0.2) is 0 Å². The zero-order valence-electron chi connectivity index (χ0n) is 9.44.